The number of nitrogen functional groups attached to an aromatic ring is 1. The Hall–Kier alpha value is -1.39. The van der Waals surface area contributed by atoms with E-state index in [0.717, 1.165) is 6.20 Å². The summed E-state index contributed by atoms with van der Waals surface area (Å²) in [5, 5.41) is 0. The Labute approximate surface area is 56.9 Å². The predicted octanol–water partition coefficient (Wildman–Crippen LogP) is 0.207. The SMILES string of the molecule is COc1ncc(F)nc1N. The molecular formula is C5H6FN3O. The van der Waals surface area contributed by atoms with Crippen molar-refractivity contribution in [1.82, 2.24) is 9.97 Å². The van der Waals surface area contributed by atoms with E-state index in [0.29, 0.717) is 0 Å². The van der Waals surface area contributed by atoms with Crippen LogP contribution < -0.4 is 10.5 Å². The molecule has 54 valence electrons. The monoisotopic (exact) mass is 143 g/mol. The van der Waals surface area contributed by atoms with Crippen LogP contribution in [0.1, 0.15) is 0 Å². The first-order chi connectivity index (χ1) is 4.74. The fourth-order valence-electron chi connectivity index (χ4n) is 0.527. The average molecular weight is 143 g/mol. The van der Waals surface area contributed by atoms with Gasteiger partial charge < -0.3 is 10.5 Å². The molecule has 0 radical (unpaired) electrons. The molecule has 0 aromatic carbocycles. The van der Waals surface area contributed by atoms with E-state index < -0.39 is 5.95 Å². The van der Waals surface area contributed by atoms with Gasteiger partial charge in [-0.15, -0.1) is 0 Å². The zero-order chi connectivity index (χ0) is 7.56. The van der Waals surface area contributed by atoms with E-state index in [9.17, 15) is 4.39 Å². The molecule has 5 heteroatoms. The molecule has 2 N–H and O–H groups in total. The van der Waals surface area contributed by atoms with Gasteiger partial charge in [0, 0.05) is 0 Å². The van der Waals surface area contributed by atoms with Crippen LogP contribution in [0.3, 0.4) is 0 Å². The van der Waals surface area contributed by atoms with Crippen LogP contribution in [-0.4, -0.2) is 17.1 Å². The van der Waals surface area contributed by atoms with Crippen molar-refractivity contribution in [3.8, 4) is 5.88 Å². The van der Waals surface area contributed by atoms with Crippen molar-refractivity contribution in [2.24, 2.45) is 0 Å². The number of hydrogen-bond donors (Lipinski definition) is 1. The van der Waals surface area contributed by atoms with Gasteiger partial charge in [-0.2, -0.15) is 9.37 Å². The zero-order valence-electron chi connectivity index (χ0n) is 5.34. The van der Waals surface area contributed by atoms with E-state index in [-0.39, 0.29) is 11.7 Å². The van der Waals surface area contributed by atoms with E-state index in [1.165, 1.54) is 7.11 Å². The lowest BCUT2D eigenvalue weighted by Gasteiger charge is -1.99. The molecule has 0 aliphatic carbocycles. The summed E-state index contributed by atoms with van der Waals surface area (Å²) in [4.78, 5) is 6.78. The van der Waals surface area contributed by atoms with Gasteiger partial charge in [-0.1, -0.05) is 0 Å². The smallest absolute Gasteiger partial charge is 0.257 e. The van der Waals surface area contributed by atoms with Crippen LogP contribution in [0.2, 0.25) is 0 Å². The summed E-state index contributed by atoms with van der Waals surface area (Å²) in [5.41, 5.74) is 5.19. The molecule has 0 fully saturated rings. The van der Waals surface area contributed by atoms with Gasteiger partial charge in [0.05, 0.1) is 13.3 Å². The minimum atomic E-state index is -0.710. The van der Waals surface area contributed by atoms with Crippen LogP contribution in [0.15, 0.2) is 6.20 Å². The molecule has 0 spiro atoms. The molecule has 4 nitrogen and oxygen atoms in total. The highest BCUT2D eigenvalue weighted by Gasteiger charge is 2.01. The van der Waals surface area contributed by atoms with Crippen molar-refractivity contribution < 1.29 is 9.13 Å². The van der Waals surface area contributed by atoms with E-state index in [4.69, 9.17) is 5.73 Å². The standard InChI is InChI=1S/C5H6FN3O/c1-10-5-4(7)9-3(6)2-8-5/h2H,1H3,(H2,7,9). The van der Waals surface area contributed by atoms with Gasteiger partial charge in [-0.3, -0.25) is 0 Å². The van der Waals surface area contributed by atoms with Gasteiger partial charge in [-0.25, -0.2) is 4.98 Å². The topological polar surface area (TPSA) is 61.0 Å². The third kappa shape index (κ3) is 1.12. The minimum Gasteiger partial charge on any atom is -0.478 e. The third-order valence-electron chi connectivity index (χ3n) is 0.928. The first-order valence-electron chi connectivity index (χ1n) is 2.56. The number of hydrogen-bond acceptors (Lipinski definition) is 4. The molecule has 0 atom stereocenters. The van der Waals surface area contributed by atoms with Crippen molar-refractivity contribution in [3.05, 3.63) is 12.1 Å². The second-order valence-corrected chi connectivity index (χ2v) is 1.59. The molecule has 1 rings (SSSR count). The Morgan fingerprint density at radius 1 is 1.70 bits per heavy atom. The number of methoxy groups -OCH3 is 1. The maximum atomic E-state index is 12.2. The van der Waals surface area contributed by atoms with Crippen LogP contribution in [0, 0.1) is 5.95 Å². The molecule has 0 saturated carbocycles. The highest BCUT2D eigenvalue weighted by Crippen LogP contribution is 2.12. The van der Waals surface area contributed by atoms with Crippen molar-refractivity contribution >= 4 is 5.82 Å². The Morgan fingerprint density at radius 3 is 2.90 bits per heavy atom. The molecule has 0 unspecified atom stereocenters. The summed E-state index contributed by atoms with van der Waals surface area (Å²) < 4.78 is 16.8. The van der Waals surface area contributed by atoms with Gasteiger partial charge >= 0.3 is 0 Å². The fraction of sp³-hybridized carbons (Fsp3) is 0.200. The van der Waals surface area contributed by atoms with Crippen molar-refractivity contribution in [2.45, 2.75) is 0 Å². The molecule has 1 aromatic heterocycles. The largest absolute Gasteiger partial charge is 0.478 e. The number of halogens is 1. The lowest BCUT2D eigenvalue weighted by molar-refractivity contribution is 0.394. The van der Waals surface area contributed by atoms with E-state index >= 15 is 0 Å². The zero-order valence-corrected chi connectivity index (χ0v) is 5.34. The van der Waals surface area contributed by atoms with Crippen LogP contribution >= 0.6 is 0 Å². The summed E-state index contributed by atoms with van der Waals surface area (Å²) in [5.74, 6) is -0.609. The second kappa shape index (κ2) is 2.47. The lowest BCUT2D eigenvalue weighted by Crippen LogP contribution is -1.99. The number of ether oxygens (including phenoxy) is 1. The van der Waals surface area contributed by atoms with Crippen molar-refractivity contribution in [3.63, 3.8) is 0 Å². The number of rotatable bonds is 1. The predicted molar refractivity (Wildman–Crippen MR) is 33.0 cm³/mol. The molecule has 0 amide bonds. The van der Waals surface area contributed by atoms with Gasteiger partial charge in [0.25, 0.3) is 5.88 Å². The van der Waals surface area contributed by atoms with Gasteiger partial charge in [0.1, 0.15) is 0 Å². The number of nitrogens with two attached hydrogens (primary N) is 1. The molecule has 0 aliphatic rings. The summed E-state index contributed by atoms with van der Waals surface area (Å²) in [6.07, 6.45) is 0.940. The van der Waals surface area contributed by atoms with Crippen LogP contribution in [0.25, 0.3) is 0 Å². The Balaban J connectivity index is 3.07. The highest BCUT2D eigenvalue weighted by molar-refractivity contribution is 5.38. The fourth-order valence-corrected chi connectivity index (χ4v) is 0.527. The Kier molecular flexibility index (Phi) is 1.66. The normalized spacial score (nSPS) is 9.40. The quantitative estimate of drug-likeness (QED) is 0.610. The highest BCUT2D eigenvalue weighted by atomic mass is 19.1. The van der Waals surface area contributed by atoms with Crippen LogP contribution in [0.4, 0.5) is 10.2 Å². The van der Waals surface area contributed by atoms with Gasteiger partial charge in [0.2, 0.25) is 5.95 Å². The number of anilines is 1. The lowest BCUT2D eigenvalue weighted by atomic mass is 10.6. The summed E-state index contributed by atoms with van der Waals surface area (Å²) in [7, 11) is 1.39. The molecule has 0 bridgehead atoms. The number of aromatic nitrogens is 2. The molecule has 1 heterocycles. The van der Waals surface area contributed by atoms with Crippen molar-refractivity contribution in [2.75, 3.05) is 12.8 Å². The van der Waals surface area contributed by atoms with Crippen LogP contribution in [-0.2, 0) is 0 Å². The molecule has 0 aliphatic heterocycles. The van der Waals surface area contributed by atoms with Crippen molar-refractivity contribution in [1.29, 1.82) is 0 Å². The maximum Gasteiger partial charge on any atom is 0.257 e. The minimum absolute atomic E-state index is 0.0394. The van der Waals surface area contributed by atoms with Gasteiger partial charge in [-0.05, 0) is 0 Å². The van der Waals surface area contributed by atoms with E-state index in [1.807, 2.05) is 0 Å². The Morgan fingerprint density at radius 2 is 2.40 bits per heavy atom. The van der Waals surface area contributed by atoms with E-state index in [2.05, 4.69) is 14.7 Å². The third-order valence-corrected chi connectivity index (χ3v) is 0.928. The molecule has 1 aromatic rings. The molecule has 10 heavy (non-hydrogen) atoms. The summed E-state index contributed by atoms with van der Waals surface area (Å²) in [6, 6.07) is 0. The van der Waals surface area contributed by atoms with E-state index in [1.54, 1.807) is 0 Å². The van der Waals surface area contributed by atoms with Crippen LogP contribution in [0.5, 0.6) is 5.88 Å². The first-order valence-corrected chi connectivity index (χ1v) is 2.56. The Bertz CT molecular complexity index is 240. The molecule has 0 saturated heterocycles. The number of nitrogens with zero attached hydrogens (tertiary/aromatic N) is 2. The summed E-state index contributed by atoms with van der Waals surface area (Å²) >= 11 is 0. The maximum absolute atomic E-state index is 12.2. The molecular weight excluding hydrogens is 137 g/mol. The average Bonchev–Trinajstić information content (AvgIpc) is 1.88. The second-order valence-electron chi connectivity index (χ2n) is 1.59. The first kappa shape index (κ1) is 6.73. The van der Waals surface area contributed by atoms with Gasteiger partial charge in [0.15, 0.2) is 5.82 Å². The summed E-state index contributed by atoms with van der Waals surface area (Å²) in [6.45, 7) is 0.